The molecule has 1 aliphatic heterocycles. The maximum atomic E-state index is 11.5. The number of thiocarbonyl (C=S) groups is 1. The van der Waals surface area contributed by atoms with E-state index in [1.54, 1.807) is 20.4 Å². The lowest BCUT2D eigenvalue weighted by Gasteiger charge is -2.24. The summed E-state index contributed by atoms with van der Waals surface area (Å²) in [5, 5.41) is 4.78. The maximum absolute atomic E-state index is 11.5. The lowest BCUT2D eigenvalue weighted by molar-refractivity contribution is -0.140. The number of nitrogens with one attached hydrogen (secondary N) is 1. The predicted octanol–water partition coefficient (Wildman–Crippen LogP) is 5.39. The topological polar surface area (TPSA) is 78.9 Å². The summed E-state index contributed by atoms with van der Waals surface area (Å²) in [5.41, 5.74) is 2.45. The number of aromatic nitrogens is 1. The van der Waals surface area contributed by atoms with E-state index < -0.39 is 12.2 Å². The van der Waals surface area contributed by atoms with Crippen molar-refractivity contribution in [3.05, 3.63) is 68.6 Å². The number of ether oxygens (including phenoxy) is 4. The van der Waals surface area contributed by atoms with Gasteiger partial charge in [-0.2, -0.15) is 0 Å². The Hall–Kier alpha value is -2.72. The number of rotatable bonds is 8. The van der Waals surface area contributed by atoms with Crippen molar-refractivity contribution in [1.82, 2.24) is 4.98 Å². The molecule has 3 aromatic rings. The molecule has 10 heteroatoms. The van der Waals surface area contributed by atoms with Crippen LogP contribution in [0, 0.1) is 0 Å². The highest BCUT2D eigenvalue weighted by molar-refractivity contribution is 7.80. The number of carbonyl (C=O) groups excluding carboxylic acids is 1. The number of carbonyl (C=O) groups is 1. The minimum atomic E-state index is -0.523. The number of anilines is 1. The molecule has 0 fully saturated rings. The average Bonchev–Trinajstić information content (AvgIpc) is 3.27. The highest BCUT2D eigenvalue weighted by Gasteiger charge is 2.33. The fourth-order valence-electron chi connectivity index (χ4n) is 3.92. The second-order valence-electron chi connectivity index (χ2n) is 7.81. The van der Waals surface area contributed by atoms with Crippen LogP contribution in [0.25, 0.3) is 0 Å². The van der Waals surface area contributed by atoms with E-state index in [1.807, 2.05) is 36.4 Å². The molecule has 0 amide bonds. The first-order valence-corrected chi connectivity index (χ1v) is 12.5. The van der Waals surface area contributed by atoms with Crippen molar-refractivity contribution in [2.75, 3.05) is 26.6 Å². The molecule has 0 radical (unpaired) electrons. The van der Waals surface area contributed by atoms with Gasteiger partial charge >= 0.3 is 5.97 Å². The Balaban J connectivity index is 1.67. The van der Waals surface area contributed by atoms with Crippen molar-refractivity contribution in [2.24, 2.45) is 0 Å². The van der Waals surface area contributed by atoms with Gasteiger partial charge in [0.2, 0.25) is 0 Å². The summed E-state index contributed by atoms with van der Waals surface area (Å²) in [5.74, 6) is 0.935. The lowest BCUT2D eigenvalue weighted by atomic mass is 9.98. The summed E-state index contributed by atoms with van der Waals surface area (Å²) in [6.45, 7) is 0. The molecule has 0 saturated carbocycles. The summed E-state index contributed by atoms with van der Waals surface area (Å²) in [7, 11) is 4.58. The minimum Gasteiger partial charge on any atom is -0.493 e. The van der Waals surface area contributed by atoms with Crippen LogP contribution in [0.4, 0.5) is 5.69 Å². The van der Waals surface area contributed by atoms with Gasteiger partial charge in [0.05, 0.1) is 32.8 Å². The van der Waals surface area contributed by atoms with E-state index in [2.05, 4.69) is 10.3 Å². The molecule has 184 valence electrons. The predicted molar refractivity (Wildman–Crippen MR) is 140 cm³/mol. The van der Waals surface area contributed by atoms with Gasteiger partial charge < -0.3 is 24.3 Å². The number of thiazole rings is 1. The van der Waals surface area contributed by atoms with E-state index in [1.165, 1.54) is 18.4 Å². The second kappa shape index (κ2) is 11.3. The third-order valence-electron chi connectivity index (χ3n) is 5.63. The normalized spacial score (nSPS) is 17.2. The van der Waals surface area contributed by atoms with Crippen LogP contribution in [0.1, 0.15) is 33.5 Å². The fraction of sp³-hybridized carbons (Fsp3) is 0.320. The van der Waals surface area contributed by atoms with E-state index in [0.717, 1.165) is 26.7 Å². The van der Waals surface area contributed by atoms with Crippen molar-refractivity contribution in [3.63, 3.8) is 0 Å². The van der Waals surface area contributed by atoms with Crippen molar-refractivity contribution >= 4 is 51.8 Å². The van der Waals surface area contributed by atoms with E-state index in [9.17, 15) is 4.79 Å². The van der Waals surface area contributed by atoms with Gasteiger partial charge in [0.1, 0.15) is 17.2 Å². The van der Waals surface area contributed by atoms with Crippen LogP contribution < -0.4 is 14.8 Å². The first kappa shape index (κ1) is 25.4. The minimum absolute atomic E-state index is 0.246. The molecule has 0 saturated heterocycles. The van der Waals surface area contributed by atoms with Gasteiger partial charge in [0.25, 0.3) is 0 Å². The smallest absolute Gasteiger partial charge is 0.305 e. The lowest BCUT2D eigenvalue weighted by Crippen LogP contribution is -2.30. The fourth-order valence-corrected chi connectivity index (χ4v) is 5.30. The molecule has 0 unspecified atom stereocenters. The summed E-state index contributed by atoms with van der Waals surface area (Å²) in [6.07, 6.45) is 2.16. The standard InChI is InChI=1S/C25H25ClN2O5S2/c1-30-19-6-4-5-16(24(19)32-3)23-17-11-14(26)7-9-18(17)28-25(34)20(33-23)12-21-27-13-15(35-21)8-10-22(29)31-2/h4-7,9,11,13,20,23H,8,10,12H2,1-3H3,(H,28,34)/t20-,23+/m0/s1. The van der Waals surface area contributed by atoms with Gasteiger partial charge in [-0.1, -0.05) is 36.0 Å². The number of esters is 1. The Morgan fingerprint density at radius 1 is 1.20 bits per heavy atom. The Labute approximate surface area is 218 Å². The molecule has 2 heterocycles. The second-order valence-corrected chi connectivity index (χ2v) is 9.88. The van der Waals surface area contributed by atoms with Crippen LogP contribution in [0.5, 0.6) is 11.5 Å². The molecule has 1 aromatic heterocycles. The molecule has 1 N–H and O–H groups in total. The van der Waals surface area contributed by atoms with Crippen LogP contribution in [-0.2, 0) is 27.1 Å². The first-order chi connectivity index (χ1) is 16.9. The van der Waals surface area contributed by atoms with Crippen LogP contribution in [0.2, 0.25) is 5.02 Å². The zero-order valence-electron chi connectivity index (χ0n) is 19.5. The molecular weight excluding hydrogens is 508 g/mol. The quantitative estimate of drug-likeness (QED) is 0.305. The molecule has 4 rings (SSSR count). The number of hydrogen-bond donors (Lipinski definition) is 1. The Morgan fingerprint density at radius 3 is 2.77 bits per heavy atom. The molecular formula is C25H25ClN2O5S2. The molecule has 7 nitrogen and oxygen atoms in total. The van der Waals surface area contributed by atoms with Gasteiger partial charge in [0, 0.05) is 39.3 Å². The van der Waals surface area contributed by atoms with E-state index in [4.69, 9.17) is 42.8 Å². The van der Waals surface area contributed by atoms with Crippen molar-refractivity contribution in [3.8, 4) is 11.5 Å². The van der Waals surface area contributed by atoms with E-state index in [0.29, 0.717) is 40.8 Å². The zero-order chi connectivity index (χ0) is 24.9. The average molecular weight is 533 g/mol. The largest absolute Gasteiger partial charge is 0.493 e. The summed E-state index contributed by atoms with van der Waals surface area (Å²) < 4.78 is 22.6. The highest BCUT2D eigenvalue weighted by Crippen LogP contribution is 2.44. The molecule has 0 aliphatic carbocycles. The van der Waals surface area contributed by atoms with Gasteiger partial charge in [-0.25, -0.2) is 4.98 Å². The van der Waals surface area contributed by atoms with Crippen LogP contribution in [0.15, 0.2) is 42.6 Å². The van der Waals surface area contributed by atoms with Gasteiger partial charge in [-0.05, 0) is 30.7 Å². The maximum Gasteiger partial charge on any atom is 0.305 e. The van der Waals surface area contributed by atoms with Gasteiger partial charge in [0.15, 0.2) is 11.5 Å². The van der Waals surface area contributed by atoms with Crippen LogP contribution in [-0.4, -0.2) is 43.4 Å². The number of para-hydroxylation sites is 1. The monoisotopic (exact) mass is 532 g/mol. The third-order valence-corrected chi connectivity index (χ3v) is 7.31. The zero-order valence-corrected chi connectivity index (χ0v) is 21.9. The molecule has 0 spiro atoms. The first-order valence-electron chi connectivity index (χ1n) is 10.9. The van der Waals surface area contributed by atoms with Gasteiger partial charge in [-0.15, -0.1) is 11.3 Å². The number of aryl methyl sites for hydroxylation is 1. The molecule has 1 aliphatic rings. The Bertz CT molecular complexity index is 1230. The molecule has 2 aromatic carbocycles. The van der Waals surface area contributed by atoms with Crippen molar-refractivity contribution < 1.29 is 23.7 Å². The summed E-state index contributed by atoms with van der Waals surface area (Å²) >= 11 is 13.6. The molecule has 2 atom stereocenters. The van der Waals surface area contributed by atoms with E-state index >= 15 is 0 Å². The molecule has 0 bridgehead atoms. The molecule has 35 heavy (non-hydrogen) atoms. The van der Waals surface area contributed by atoms with Crippen molar-refractivity contribution in [2.45, 2.75) is 31.5 Å². The third kappa shape index (κ3) is 5.75. The summed E-state index contributed by atoms with van der Waals surface area (Å²) in [6, 6.07) is 11.2. The number of nitrogens with zero attached hydrogens (tertiary/aromatic N) is 1. The number of hydrogen-bond acceptors (Lipinski definition) is 8. The Kier molecular flexibility index (Phi) is 8.22. The van der Waals surface area contributed by atoms with Crippen LogP contribution >= 0.6 is 35.2 Å². The van der Waals surface area contributed by atoms with E-state index in [-0.39, 0.29) is 5.97 Å². The number of fused-ring (bicyclic) bond motifs is 1. The highest BCUT2D eigenvalue weighted by atomic mass is 35.5. The number of halogens is 1. The van der Waals surface area contributed by atoms with Crippen LogP contribution in [0.3, 0.4) is 0 Å². The van der Waals surface area contributed by atoms with Gasteiger partial charge in [-0.3, -0.25) is 4.79 Å². The number of methoxy groups -OCH3 is 3. The van der Waals surface area contributed by atoms with Crippen molar-refractivity contribution in [1.29, 1.82) is 0 Å². The SMILES string of the molecule is COC(=O)CCc1cnc(C[C@@H]2O[C@H](c3cccc(OC)c3OC)c3cc(Cl)ccc3NC2=S)s1. The Morgan fingerprint density at radius 2 is 2.03 bits per heavy atom. The summed E-state index contributed by atoms with van der Waals surface area (Å²) in [4.78, 5) is 17.6. The number of benzene rings is 2.